The average molecular weight is 301 g/mol. The minimum atomic E-state index is -1.23. The van der Waals surface area contributed by atoms with Crippen LogP contribution in [-0.2, 0) is 4.79 Å². The van der Waals surface area contributed by atoms with Crippen LogP contribution in [-0.4, -0.2) is 15.6 Å². The first kappa shape index (κ1) is 14.9. The number of carbonyl (C=O) groups is 1. The lowest BCUT2D eigenvalue weighted by atomic mass is 10.1. The Morgan fingerprint density at radius 2 is 2.10 bits per heavy atom. The van der Waals surface area contributed by atoms with Gasteiger partial charge >= 0.3 is 5.97 Å². The van der Waals surface area contributed by atoms with Crippen LogP contribution in [0.3, 0.4) is 0 Å². The molecule has 1 aromatic heterocycles. The predicted octanol–water partition coefficient (Wildman–Crippen LogP) is 3.74. The van der Waals surface area contributed by atoms with Gasteiger partial charge in [0.25, 0.3) is 0 Å². The number of carboxylic acid groups (broad SMARTS) is 1. The van der Waals surface area contributed by atoms with Crippen molar-refractivity contribution in [2.24, 2.45) is 0 Å². The molecule has 0 bridgehead atoms. The highest BCUT2D eigenvalue weighted by molar-refractivity contribution is 6.30. The van der Waals surface area contributed by atoms with E-state index in [9.17, 15) is 4.79 Å². The van der Waals surface area contributed by atoms with Crippen LogP contribution in [0.15, 0.2) is 35.9 Å². The maximum absolute atomic E-state index is 10.9. The van der Waals surface area contributed by atoms with Gasteiger partial charge < -0.3 is 9.67 Å². The monoisotopic (exact) mass is 300 g/mol. The number of hydrogen-bond donors (Lipinski definition) is 1. The van der Waals surface area contributed by atoms with Crippen LogP contribution in [0, 0.1) is 25.2 Å². The van der Waals surface area contributed by atoms with Gasteiger partial charge in [-0.3, -0.25) is 0 Å². The third-order valence-electron chi connectivity index (χ3n) is 3.19. The average Bonchev–Trinajstić information content (AvgIpc) is 2.70. The molecule has 1 N–H and O–H groups in total. The number of aliphatic carboxylic acids is 1. The Morgan fingerprint density at radius 1 is 1.38 bits per heavy atom. The van der Waals surface area contributed by atoms with E-state index in [0.717, 1.165) is 17.1 Å². The Hall–Kier alpha value is -2.51. The number of carboxylic acids is 1. The lowest BCUT2D eigenvalue weighted by molar-refractivity contribution is -0.132. The smallest absolute Gasteiger partial charge is 0.346 e. The van der Waals surface area contributed by atoms with Gasteiger partial charge in [0, 0.05) is 22.1 Å². The van der Waals surface area contributed by atoms with Gasteiger partial charge in [-0.05, 0) is 49.8 Å². The molecule has 0 aliphatic carbocycles. The highest BCUT2D eigenvalue weighted by Gasteiger charge is 2.12. The van der Waals surface area contributed by atoms with E-state index in [0.29, 0.717) is 10.6 Å². The highest BCUT2D eigenvalue weighted by atomic mass is 35.5. The maximum atomic E-state index is 10.9. The molecule has 0 saturated carbocycles. The fraction of sp³-hybridized carbons (Fsp3) is 0.125. The molecule has 2 rings (SSSR count). The van der Waals surface area contributed by atoms with E-state index in [2.05, 4.69) is 0 Å². The van der Waals surface area contributed by atoms with E-state index in [-0.39, 0.29) is 5.57 Å². The molecule has 0 fully saturated rings. The molecule has 0 amide bonds. The van der Waals surface area contributed by atoms with E-state index in [1.807, 2.05) is 42.7 Å². The second kappa shape index (κ2) is 5.86. The van der Waals surface area contributed by atoms with E-state index in [1.54, 1.807) is 12.1 Å². The largest absolute Gasteiger partial charge is 0.477 e. The standard InChI is InChI=1S/C16H13ClN2O2/c1-10-6-12(7-13(9-18)16(20)21)11(2)19(10)15-5-3-4-14(17)8-15/h3-8H,1-2H3,(H,20,21)/b13-7-. The number of rotatable bonds is 3. The van der Waals surface area contributed by atoms with Crippen molar-refractivity contribution in [3.63, 3.8) is 0 Å². The van der Waals surface area contributed by atoms with Crippen LogP contribution < -0.4 is 0 Å². The molecular weight excluding hydrogens is 288 g/mol. The summed E-state index contributed by atoms with van der Waals surface area (Å²) in [5, 5.41) is 18.4. The topological polar surface area (TPSA) is 66.0 Å². The molecule has 0 aliphatic rings. The molecule has 0 spiro atoms. The summed E-state index contributed by atoms with van der Waals surface area (Å²) in [6.07, 6.45) is 1.38. The first-order valence-electron chi connectivity index (χ1n) is 6.24. The molecule has 0 unspecified atom stereocenters. The lowest BCUT2D eigenvalue weighted by Gasteiger charge is -2.09. The molecule has 21 heavy (non-hydrogen) atoms. The molecule has 0 aliphatic heterocycles. The molecule has 2 aromatic rings. The quantitative estimate of drug-likeness (QED) is 0.693. The van der Waals surface area contributed by atoms with Crippen LogP contribution in [0.4, 0.5) is 0 Å². The van der Waals surface area contributed by atoms with Crippen LogP contribution >= 0.6 is 11.6 Å². The first-order chi connectivity index (χ1) is 9.93. The number of halogens is 1. The van der Waals surface area contributed by atoms with Gasteiger partial charge in [0.1, 0.15) is 11.6 Å². The Bertz CT molecular complexity index is 782. The van der Waals surface area contributed by atoms with Gasteiger partial charge in [0.2, 0.25) is 0 Å². The van der Waals surface area contributed by atoms with Crippen molar-refractivity contribution in [3.05, 3.63) is 57.9 Å². The van der Waals surface area contributed by atoms with Crippen LogP contribution in [0.1, 0.15) is 17.0 Å². The Kier molecular flexibility index (Phi) is 4.15. The minimum absolute atomic E-state index is 0.290. The zero-order valence-corrected chi connectivity index (χ0v) is 12.3. The van der Waals surface area contributed by atoms with E-state index >= 15 is 0 Å². The van der Waals surface area contributed by atoms with Crippen molar-refractivity contribution < 1.29 is 9.90 Å². The molecule has 0 radical (unpaired) electrons. The van der Waals surface area contributed by atoms with E-state index in [1.165, 1.54) is 6.08 Å². The van der Waals surface area contributed by atoms with Gasteiger partial charge in [-0.1, -0.05) is 17.7 Å². The van der Waals surface area contributed by atoms with Crippen molar-refractivity contribution >= 4 is 23.6 Å². The Balaban J connectivity index is 2.58. The predicted molar refractivity (Wildman–Crippen MR) is 81.5 cm³/mol. The SMILES string of the molecule is Cc1cc(/C=C(/C#N)C(=O)O)c(C)n1-c1cccc(Cl)c1. The van der Waals surface area contributed by atoms with Crippen LogP contribution in [0.5, 0.6) is 0 Å². The van der Waals surface area contributed by atoms with Gasteiger partial charge in [-0.2, -0.15) is 5.26 Å². The molecule has 0 saturated heterocycles. The molecule has 4 nitrogen and oxygen atoms in total. The third-order valence-corrected chi connectivity index (χ3v) is 3.42. The van der Waals surface area contributed by atoms with Crippen molar-refractivity contribution in [1.82, 2.24) is 4.57 Å². The van der Waals surface area contributed by atoms with Gasteiger partial charge in [-0.25, -0.2) is 4.79 Å². The number of benzene rings is 1. The molecule has 1 aromatic carbocycles. The van der Waals surface area contributed by atoms with Crippen LogP contribution in [0.25, 0.3) is 11.8 Å². The molecule has 106 valence electrons. The van der Waals surface area contributed by atoms with Gasteiger partial charge in [0.15, 0.2) is 0 Å². The zero-order chi connectivity index (χ0) is 15.6. The van der Waals surface area contributed by atoms with Crippen molar-refractivity contribution in [2.45, 2.75) is 13.8 Å². The summed E-state index contributed by atoms with van der Waals surface area (Å²) >= 11 is 6.01. The number of aromatic nitrogens is 1. The minimum Gasteiger partial charge on any atom is -0.477 e. The fourth-order valence-corrected chi connectivity index (χ4v) is 2.43. The number of aryl methyl sites for hydroxylation is 1. The lowest BCUT2D eigenvalue weighted by Crippen LogP contribution is -2.00. The summed E-state index contributed by atoms with van der Waals surface area (Å²) in [6, 6.07) is 10.9. The van der Waals surface area contributed by atoms with Crippen molar-refractivity contribution in [3.8, 4) is 11.8 Å². The van der Waals surface area contributed by atoms with E-state index in [4.69, 9.17) is 22.0 Å². The van der Waals surface area contributed by atoms with Gasteiger partial charge in [-0.15, -0.1) is 0 Å². The summed E-state index contributed by atoms with van der Waals surface area (Å²) in [5.41, 5.74) is 3.09. The molecule has 1 heterocycles. The molecular formula is C16H13ClN2O2. The first-order valence-corrected chi connectivity index (χ1v) is 6.62. The Labute approximate surface area is 127 Å². The number of hydrogen-bond acceptors (Lipinski definition) is 2. The molecule has 0 atom stereocenters. The summed E-state index contributed by atoms with van der Waals surface area (Å²) in [7, 11) is 0. The third kappa shape index (κ3) is 2.99. The van der Waals surface area contributed by atoms with Gasteiger partial charge in [0.05, 0.1) is 0 Å². The number of nitrogens with zero attached hydrogens (tertiary/aromatic N) is 2. The maximum Gasteiger partial charge on any atom is 0.346 e. The molecule has 5 heteroatoms. The summed E-state index contributed by atoms with van der Waals surface area (Å²) in [4.78, 5) is 10.9. The van der Waals surface area contributed by atoms with Crippen molar-refractivity contribution in [1.29, 1.82) is 5.26 Å². The van der Waals surface area contributed by atoms with Crippen molar-refractivity contribution in [2.75, 3.05) is 0 Å². The summed E-state index contributed by atoms with van der Waals surface area (Å²) < 4.78 is 1.97. The van der Waals surface area contributed by atoms with E-state index < -0.39 is 5.97 Å². The second-order valence-corrected chi connectivity index (χ2v) is 5.05. The summed E-state index contributed by atoms with van der Waals surface area (Å²) in [5.74, 6) is -1.23. The normalized spacial score (nSPS) is 11.2. The number of nitriles is 1. The highest BCUT2D eigenvalue weighted by Crippen LogP contribution is 2.24. The summed E-state index contributed by atoms with van der Waals surface area (Å²) in [6.45, 7) is 3.79. The zero-order valence-electron chi connectivity index (χ0n) is 11.6. The fourth-order valence-electron chi connectivity index (χ4n) is 2.24. The second-order valence-electron chi connectivity index (χ2n) is 4.62. The Morgan fingerprint density at radius 3 is 2.67 bits per heavy atom. The van der Waals surface area contributed by atoms with Crippen LogP contribution in [0.2, 0.25) is 5.02 Å².